The van der Waals surface area contributed by atoms with Gasteiger partial charge in [0, 0.05) is 29.5 Å². The number of rotatable bonds is 23. The van der Waals surface area contributed by atoms with Gasteiger partial charge in [0.15, 0.2) is 82.0 Å². The Balaban J connectivity index is 0.000000266. The Hall–Kier alpha value is -6.61. The highest BCUT2D eigenvalue weighted by Crippen LogP contribution is 2.31. The van der Waals surface area contributed by atoms with Crippen LogP contribution in [0.3, 0.4) is 0 Å². The molecule has 1 aromatic heterocycles. The number of fused-ring (bicyclic) bond motifs is 1. The monoisotopic (exact) mass is 1150 g/mol. The van der Waals surface area contributed by atoms with Crippen molar-refractivity contribution in [3.05, 3.63) is 194 Å². The number of nitrogens with zero attached hydrogens (tertiary/aromatic N) is 1. The van der Waals surface area contributed by atoms with E-state index in [-0.39, 0.29) is 0 Å². The number of halogens is 20. The molecule has 0 unspecified atom stereocenters. The normalized spacial score (nSPS) is 11.7. The molecule has 1 nitrogen and oxygen atoms in total. The van der Waals surface area contributed by atoms with Crippen molar-refractivity contribution >= 4 is 38.9 Å². The lowest BCUT2D eigenvalue weighted by molar-refractivity contribution is -0.670. The highest BCUT2D eigenvalue weighted by molar-refractivity contribution is 7.20. The van der Waals surface area contributed by atoms with Crippen LogP contribution in [-0.4, -0.2) is 6.15 Å². The molecule has 7 rings (SSSR count). The number of unbranched alkanes of at least 4 members (excludes halogenated alkanes) is 15. The molecular weight excluding hydrogens is 1100 g/mol. The molecule has 0 spiro atoms. The second-order valence-electron chi connectivity index (χ2n) is 19.3. The van der Waals surface area contributed by atoms with Crippen LogP contribution in [0.1, 0.15) is 121 Å². The Labute approximate surface area is 447 Å². The first-order valence-corrected chi connectivity index (χ1v) is 25.8. The average Bonchev–Trinajstić information content (AvgIpc) is 2.42. The van der Waals surface area contributed by atoms with Crippen molar-refractivity contribution in [2.75, 3.05) is 0 Å². The third-order valence-electron chi connectivity index (χ3n) is 14.2. The van der Waals surface area contributed by atoms with E-state index in [1.54, 1.807) is 0 Å². The molecule has 0 amide bonds. The maximum Gasteiger partial charge on any atom is 0.212 e. The van der Waals surface area contributed by atoms with E-state index < -0.39 is 144 Å². The first-order valence-electron chi connectivity index (χ1n) is 25.8. The van der Waals surface area contributed by atoms with E-state index in [1.165, 1.54) is 131 Å². The molecule has 0 fully saturated rings. The Kier molecular flexibility index (Phi) is 21.7. The molecule has 0 atom stereocenters. The molecule has 430 valence electrons. The van der Waals surface area contributed by atoms with Crippen LogP contribution in [0.2, 0.25) is 0 Å². The summed E-state index contributed by atoms with van der Waals surface area (Å²) in [4.78, 5) is 0. The molecule has 80 heavy (non-hydrogen) atoms. The smallest absolute Gasteiger partial charge is 0.207 e. The van der Waals surface area contributed by atoms with Gasteiger partial charge in [0.1, 0.15) is 52.7 Å². The van der Waals surface area contributed by atoms with Gasteiger partial charge < -0.3 is 0 Å². The number of aryl methyl sites for hydroxylation is 1. The lowest BCUT2D eigenvalue weighted by atomic mass is 9.12. The first-order chi connectivity index (χ1) is 38.1. The Morgan fingerprint density at radius 1 is 0.287 bits per heavy atom. The fraction of sp³-hybridized carbons (Fsp3) is 0.328. The van der Waals surface area contributed by atoms with Crippen LogP contribution in [-0.2, 0) is 13.0 Å². The summed E-state index contributed by atoms with van der Waals surface area (Å²) in [6.45, 7) is 3.25. The average molecular weight is 1150 g/mol. The van der Waals surface area contributed by atoms with Crippen LogP contribution >= 0.6 is 0 Å². The SMILES string of the molecule is CCCCCCCCCCCCCCCCCCc1ccc2ccccc2[n+]1Cc1ccccc1.Fc1c(F)c(F)c([B-](c2c(F)c(F)c(F)c(F)c2F)(c2c(F)c(F)c(F)c(F)c2F)c2c(F)c(F)c(F)c(F)c2F)c(F)c1F. The molecular formula is C58H50BF20N. The highest BCUT2D eigenvalue weighted by Gasteiger charge is 2.52. The van der Waals surface area contributed by atoms with Crippen LogP contribution in [0.4, 0.5) is 87.8 Å². The number of hydrogen-bond donors (Lipinski definition) is 0. The molecule has 0 aliphatic heterocycles. The zero-order valence-corrected chi connectivity index (χ0v) is 42.7. The molecule has 0 saturated heterocycles. The van der Waals surface area contributed by atoms with Crippen molar-refractivity contribution in [1.82, 2.24) is 0 Å². The van der Waals surface area contributed by atoms with Gasteiger partial charge in [0.05, 0.1) is 0 Å². The van der Waals surface area contributed by atoms with Gasteiger partial charge in [-0.25, -0.2) is 87.8 Å². The topological polar surface area (TPSA) is 3.88 Å². The summed E-state index contributed by atoms with van der Waals surface area (Å²) in [5, 5.41) is 1.33. The van der Waals surface area contributed by atoms with Crippen molar-refractivity contribution in [2.24, 2.45) is 0 Å². The van der Waals surface area contributed by atoms with Crippen molar-refractivity contribution in [3.8, 4) is 0 Å². The molecule has 0 aliphatic carbocycles. The summed E-state index contributed by atoms with van der Waals surface area (Å²) in [5.41, 5.74) is -10.1. The predicted octanol–water partition coefficient (Wildman–Crippen LogP) is 15.8. The minimum Gasteiger partial charge on any atom is -0.207 e. The largest absolute Gasteiger partial charge is 0.212 e. The zero-order chi connectivity index (χ0) is 58.7. The molecule has 0 saturated carbocycles. The van der Waals surface area contributed by atoms with Crippen LogP contribution in [0.5, 0.6) is 0 Å². The zero-order valence-electron chi connectivity index (χ0n) is 42.7. The number of pyridine rings is 1. The fourth-order valence-electron chi connectivity index (χ4n) is 10.2. The minimum absolute atomic E-state index is 0.955. The highest BCUT2D eigenvalue weighted by atomic mass is 19.2. The Morgan fingerprint density at radius 3 is 0.887 bits per heavy atom. The summed E-state index contributed by atoms with van der Waals surface area (Å²) in [6.07, 6.45) is 16.8. The first kappa shape index (κ1) is 62.6. The van der Waals surface area contributed by atoms with Crippen molar-refractivity contribution in [3.63, 3.8) is 0 Å². The Bertz CT molecular complexity index is 2930. The van der Waals surface area contributed by atoms with E-state index in [2.05, 4.69) is 78.2 Å². The maximum absolute atomic E-state index is 15.4. The molecule has 1 heterocycles. The molecule has 22 heteroatoms. The maximum atomic E-state index is 15.4. The van der Waals surface area contributed by atoms with Crippen LogP contribution in [0.15, 0.2) is 66.7 Å². The standard InChI is InChI=1S/C34H50N.C24BF20/c1-2-3-4-5-6-7-8-9-10-11-12-13-14-15-16-20-26-33-29-28-32-25-21-22-27-34(32)35(33)30-31-23-18-17-19-24-31;26-5-1(6(27)14(35)21(42)13(5)34)25(2-7(28)15(36)22(43)16(37)8(2)29,3-9(30)17(38)23(44)18(39)10(3)31)4-11(32)19(40)24(45)20(41)12(4)33/h17-19,21-25,27-29H,2-16,20,26,30H2,1H3;/q+1;-1. The van der Waals surface area contributed by atoms with E-state index in [0.717, 1.165) is 6.54 Å². The summed E-state index contributed by atoms with van der Waals surface area (Å²) in [5.74, 6) is -71.4. The van der Waals surface area contributed by atoms with Gasteiger partial charge in [-0.05, 0) is 18.6 Å². The number of aromatic nitrogens is 1. The van der Waals surface area contributed by atoms with Gasteiger partial charge in [0.2, 0.25) is 5.52 Å². The van der Waals surface area contributed by atoms with Gasteiger partial charge in [-0.3, -0.25) is 0 Å². The van der Waals surface area contributed by atoms with Gasteiger partial charge in [0.25, 0.3) is 0 Å². The summed E-state index contributed by atoms with van der Waals surface area (Å²) in [6, 6.07) is 24.4. The number of para-hydroxylation sites is 1. The molecule has 6 aromatic carbocycles. The van der Waals surface area contributed by atoms with Crippen molar-refractivity contribution in [2.45, 2.75) is 123 Å². The quantitative estimate of drug-likeness (QED) is 0.0150. The fourth-order valence-corrected chi connectivity index (χ4v) is 10.2. The summed E-state index contributed by atoms with van der Waals surface area (Å²) >= 11 is 0. The third-order valence-corrected chi connectivity index (χ3v) is 14.2. The van der Waals surface area contributed by atoms with E-state index in [1.807, 2.05) is 0 Å². The molecule has 0 radical (unpaired) electrons. The molecule has 7 aromatic rings. The van der Waals surface area contributed by atoms with E-state index in [0.29, 0.717) is 0 Å². The second kappa shape index (κ2) is 27.7. The number of hydrogen-bond acceptors (Lipinski definition) is 0. The van der Waals surface area contributed by atoms with Gasteiger partial charge in [-0.15, -0.1) is 21.9 Å². The van der Waals surface area contributed by atoms with Crippen LogP contribution in [0, 0.1) is 116 Å². The number of benzene rings is 6. The van der Waals surface area contributed by atoms with Gasteiger partial charge >= 0.3 is 0 Å². The molecule has 0 aliphatic rings. The second-order valence-corrected chi connectivity index (χ2v) is 19.3. The van der Waals surface area contributed by atoms with Crippen LogP contribution in [0.25, 0.3) is 10.9 Å². The van der Waals surface area contributed by atoms with Gasteiger partial charge in [-0.1, -0.05) is 146 Å². The van der Waals surface area contributed by atoms with E-state index in [9.17, 15) is 52.7 Å². The van der Waals surface area contributed by atoms with Crippen molar-refractivity contribution in [1.29, 1.82) is 0 Å². The lowest BCUT2D eigenvalue weighted by Crippen LogP contribution is -2.81. The van der Waals surface area contributed by atoms with Gasteiger partial charge in [-0.2, -0.15) is 4.57 Å². The lowest BCUT2D eigenvalue weighted by Gasteiger charge is -2.44. The minimum atomic E-state index is -7.22. The van der Waals surface area contributed by atoms with Crippen LogP contribution < -0.4 is 26.4 Å². The third kappa shape index (κ3) is 12.6. The summed E-state index contributed by atoms with van der Waals surface area (Å²) in [7, 11) is 0. The summed E-state index contributed by atoms with van der Waals surface area (Å²) < 4.78 is 296. The van der Waals surface area contributed by atoms with Crippen molar-refractivity contribution < 1.29 is 92.4 Å². The van der Waals surface area contributed by atoms with E-state index >= 15 is 35.1 Å². The Morgan fingerprint density at radius 2 is 0.562 bits per heavy atom. The molecule has 0 N–H and O–H groups in total. The predicted molar refractivity (Wildman–Crippen MR) is 262 cm³/mol. The van der Waals surface area contributed by atoms with E-state index in [4.69, 9.17) is 0 Å². The molecule has 0 bridgehead atoms.